The van der Waals surface area contributed by atoms with Crippen molar-refractivity contribution >= 4 is 16.7 Å². The minimum absolute atomic E-state index is 0.0205. The zero-order valence-electron chi connectivity index (χ0n) is 11.8. The predicted octanol–water partition coefficient (Wildman–Crippen LogP) is 3.10. The molecule has 0 radical (unpaired) electrons. The van der Waals surface area contributed by atoms with Gasteiger partial charge in [-0.25, -0.2) is 0 Å². The molecule has 0 saturated heterocycles. The average Bonchev–Trinajstić information content (AvgIpc) is 2.46. The SMILES string of the molecule is CC(=O)c1cc(C)cc2[nH]c(=O)c(-c3cccnc3)cc12. The lowest BCUT2D eigenvalue weighted by molar-refractivity contribution is 0.101. The number of ketones is 1. The number of hydrogen-bond acceptors (Lipinski definition) is 3. The molecular weight excluding hydrogens is 264 g/mol. The van der Waals surface area contributed by atoms with E-state index in [0.29, 0.717) is 16.6 Å². The molecule has 104 valence electrons. The van der Waals surface area contributed by atoms with Gasteiger partial charge < -0.3 is 4.98 Å². The molecule has 2 aromatic heterocycles. The molecule has 4 heteroatoms. The van der Waals surface area contributed by atoms with E-state index in [2.05, 4.69) is 9.97 Å². The third kappa shape index (κ3) is 2.36. The molecule has 0 aliphatic heterocycles. The van der Waals surface area contributed by atoms with Gasteiger partial charge in [0.05, 0.1) is 0 Å². The standard InChI is InChI=1S/C17H14N2O2/c1-10-6-13(11(2)20)15-8-14(12-4-3-5-18-9-12)17(21)19-16(15)7-10/h3-9H,1-2H3,(H,19,21). The number of aryl methyl sites for hydroxylation is 1. The van der Waals surface area contributed by atoms with Crippen molar-refractivity contribution in [2.45, 2.75) is 13.8 Å². The maximum Gasteiger partial charge on any atom is 0.256 e. The Morgan fingerprint density at radius 2 is 2.05 bits per heavy atom. The van der Waals surface area contributed by atoms with Gasteiger partial charge in [-0.05, 0) is 43.7 Å². The summed E-state index contributed by atoms with van der Waals surface area (Å²) in [7, 11) is 0. The van der Waals surface area contributed by atoms with Crippen LogP contribution in [0.4, 0.5) is 0 Å². The summed E-state index contributed by atoms with van der Waals surface area (Å²) in [5, 5.41) is 0.756. The first-order valence-electron chi connectivity index (χ1n) is 6.65. The average molecular weight is 278 g/mol. The largest absolute Gasteiger partial charge is 0.321 e. The number of carbonyl (C=O) groups excluding carboxylic acids is 1. The van der Waals surface area contributed by atoms with E-state index in [1.165, 1.54) is 6.92 Å². The summed E-state index contributed by atoms with van der Waals surface area (Å²) in [6.45, 7) is 3.43. The summed E-state index contributed by atoms with van der Waals surface area (Å²) < 4.78 is 0. The van der Waals surface area contributed by atoms with Crippen LogP contribution in [0.15, 0.2) is 47.5 Å². The van der Waals surface area contributed by atoms with Crippen LogP contribution in [-0.4, -0.2) is 15.8 Å². The molecule has 21 heavy (non-hydrogen) atoms. The van der Waals surface area contributed by atoms with Crippen molar-refractivity contribution in [1.82, 2.24) is 9.97 Å². The number of aromatic nitrogens is 2. The molecule has 0 unspecified atom stereocenters. The van der Waals surface area contributed by atoms with Gasteiger partial charge in [0.1, 0.15) is 0 Å². The lowest BCUT2D eigenvalue weighted by atomic mass is 9.99. The van der Waals surface area contributed by atoms with E-state index in [9.17, 15) is 9.59 Å². The minimum atomic E-state index is -0.185. The number of nitrogens with one attached hydrogen (secondary N) is 1. The van der Waals surface area contributed by atoms with Crippen LogP contribution in [0.25, 0.3) is 22.0 Å². The highest BCUT2D eigenvalue weighted by Crippen LogP contribution is 2.23. The van der Waals surface area contributed by atoms with Crippen LogP contribution in [0, 0.1) is 6.92 Å². The number of H-pyrrole nitrogens is 1. The molecule has 3 aromatic rings. The van der Waals surface area contributed by atoms with E-state index >= 15 is 0 Å². The van der Waals surface area contributed by atoms with Gasteiger partial charge in [0.2, 0.25) is 0 Å². The van der Waals surface area contributed by atoms with Gasteiger partial charge in [0, 0.05) is 40.0 Å². The first-order chi connectivity index (χ1) is 10.1. The number of rotatable bonds is 2. The van der Waals surface area contributed by atoms with Crippen LogP contribution in [-0.2, 0) is 0 Å². The Hall–Kier alpha value is -2.75. The predicted molar refractivity (Wildman–Crippen MR) is 82.5 cm³/mol. The van der Waals surface area contributed by atoms with E-state index in [-0.39, 0.29) is 11.3 Å². The van der Waals surface area contributed by atoms with Gasteiger partial charge in [-0.2, -0.15) is 0 Å². The zero-order chi connectivity index (χ0) is 15.0. The van der Waals surface area contributed by atoms with Gasteiger partial charge in [-0.15, -0.1) is 0 Å². The molecule has 0 saturated carbocycles. The molecule has 0 aliphatic rings. The summed E-state index contributed by atoms with van der Waals surface area (Å²) in [6.07, 6.45) is 3.29. The molecular formula is C17H14N2O2. The third-order valence-electron chi connectivity index (χ3n) is 3.46. The number of carbonyl (C=O) groups is 1. The number of nitrogens with zero attached hydrogens (tertiary/aromatic N) is 1. The Labute approximate surface area is 121 Å². The van der Waals surface area contributed by atoms with Crippen molar-refractivity contribution in [3.05, 3.63) is 64.2 Å². The van der Waals surface area contributed by atoms with E-state index in [1.807, 2.05) is 25.1 Å². The van der Waals surface area contributed by atoms with E-state index < -0.39 is 0 Å². The summed E-state index contributed by atoms with van der Waals surface area (Å²) in [5.74, 6) is -0.0205. The number of hydrogen-bond donors (Lipinski definition) is 1. The Bertz CT molecular complexity index is 896. The summed E-state index contributed by atoms with van der Waals surface area (Å²) in [4.78, 5) is 31.0. The summed E-state index contributed by atoms with van der Waals surface area (Å²) in [5.41, 5.74) is 3.30. The normalized spacial score (nSPS) is 10.8. The lowest BCUT2D eigenvalue weighted by Crippen LogP contribution is -2.10. The highest BCUT2D eigenvalue weighted by Gasteiger charge is 2.11. The second-order valence-electron chi connectivity index (χ2n) is 5.08. The molecule has 0 atom stereocenters. The van der Waals surface area contributed by atoms with Crippen LogP contribution < -0.4 is 5.56 Å². The second-order valence-corrected chi connectivity index (χ2v) is 5.08. The Morgan fingerprint density at radius 1 is 1.24 bits per heavy atom. The van der Waals surface area contributed by atoms with E-state index in [0.717, 1.165) is 16.5 Å². The van der Waals surface area contributed by atoms with Crippen LogP contribution in [0.5, 0.6) is 0 Å². The molecule has 2 heterocycles. The number of Topliss-reactive ketones (excluding diaryl/α,β-unsaturated/α-hetero) is 1. The number of fused-ring (bicyclic) bond motifs is 1. The first-order valence-corrected chi connectivity index (χ1v) is 6.65. The molecule has 3 rings (SSSR count). The minimum Gasteiger partial charge on any atom is -0.321 e. The Kier molecular flexibility index (Phi) is 3.14. The van der Waals surface area contributed by atoms with Crippen molar-refractivity contribution < 1.29 is 4.79 Å². The third-order valence-corrected chi connectivity index (χ3v) is 3.46. The van der Waals surface area contributed by atoms with E-state index in [4.69, 9.17) is 0 Å². The van der Waals surface area contributed by atoms with Gasteiger partial charge >= 0.3 is 0 Å². The Morgan fingerprint density at radius 3 is 2.71 bits per heavy atom. The fourth-order valence-corrected chi connectivity index (χ4v) is 2.48. The van der Waals surface area contributed by atoms with Gasteiger partial charge in [-0.1, -0.05) is 6.07 Å². The first kappa shape index (κ1) is 13.2. The molecule has 0 spiro atoms. The molecule has 0 amide bonds. The fraction of sp³-hybridized carbons (Fsp3) is 0.118. The highest BCUT2D eigenvalue weighted by atomic mass is 16.1. The smallest absolute Gasteiger partial charge is 0.256 e. The quantitative estimate of drug-likeness (QED) is 0.733. The number of benzene rings is 1. The zero-order valence-corrected chi connectivity index (χ0v) is 11.8. The maximum absolute atomic E-state index is 12.3. The maximum atomic E-state index is 12.3. The van der Waals surface area contributed by atoms with Crippen LogP contribution in [0.2, 0.25) is 0 Å². The lowest BCUT2D eigenvalue weighted by Gasteiger charge is -2.08. The molecule has 0 fully saturated rings. The van der Waals surface area contributed by atoms with Gasteiger partial charge in [0.25, 0.3) is 5.56 Å². The van der Waals surface area contributed by atoms with Gasteiger partial charge in [0.15, 0.2) is 5.78 Å². The van der Waals surface area contributed by atoms with Gasteiger partial charge in [-0.3, -0.25) is 14.6 Å². The topological polar surface area (TPSA) is 62.8 Å². The van der Waals surface area contributed by atoms with Crippen molar-refractivity contribution in [3.63, 3.8) is 0 Å². The monoisotopic (exact) mass is 278 g/mol. The van der Waals surface area contributed by atoms with Crippen LogP contribution in [0.3, 0.4) is 0 Å². The summed E-state index contributed by atoms with van der Waals surface area (Å²) in [6, 6.07) is 9.08. The molecule has 0 bridgehead atoms. The van der Waals surface area contributed by atoms with Crippen molar-refractivity contribution in [2.24, 2.45) is 0 Å². The highest BCUT2D eigenvalue weighted by molar-refractivity contribution is 6.07. The molecule has 0 aliphatic carbocycles. The second kappa shape index (κ2) is 4.98. The molecule has 4 nitrogen and oxygen atoms in total. The number of aromatic amines is 1. The van der Waals surface area contributed by atoms with E-state index in [1.54, 1.807) is 24.5 Å². The van der Waals surface area contributed by atoms with Crippen molar-refractivity contribution in [2.75, 3.05) is 0 Å². The van der Waals surface area contributed by atoms with Crippen LogP contribution in [0.1, 0.15) is 22.8 Å². The molecule has 1 aromatic carbocycles. The van der Waals surface area contributed by atoms with Crippen molar-refractivity contribution in [1.29, 1.82) is 0 Å². The Balaban J connectivity index is 2.37. The summed E-state index contributed by atoms with van der Waals surface area (Å²) >= 11 is 0. The fourth-order valence-electron chi connectivity index (χ4n) is 2.48. The number of pyridine rings is 2. The van der Waals surface area contributed by atoms with Crippen LogP contribution >= 0.6 is 0 Å². The molecule has 1 N–H and O–H groups in total. The van der Waals surface area contributed by atoms with Crippen molar-refractivity contribution in [3.8, 4) is 11.1 Å².